The number of benzene rings is 2. The third-order valence-electron chi connectivity index (χ3n) is 5.09. The lowest BCUT2D eigenvalue weighted by Crippen LogP contribution is -2.34. The van der Waals surface area contributed by atoms with Crippen LogP contribution in [0.5, 0.6) is 5.75 Å². The van der Waals surface area contributed by atoms with E-state index in [0.717, 1.165) is 11.1 Å². The smallest absolute Gasteiger partial charge is 0.221 e. The average molecular weight is 383 g/mol. The minimum atomic E-state index is -0.658. The SMILES string of the molecule is CC(=O)Nc1cc(OCc2ccccc2)cc(C(O)CNC2CCCCC2)c1. The highest BCUT2D eigenvalue weighted by molar-refractivity contribution is 5.89. The molecule has 3 N–H and O–H groups in total. The van der Waals surface area contributed by atoms with Gasteiger partial charge in [-0.3, -0.25) is 4.79 Å². The van der Waals surface area contributed by atoms with E-state index in [1.165, 1.54) is 39.0 Å². The molecule has 0 aliphatic heterocycles. The summed E-state index contributed by atoms with van der Waals surface area (Å²) < 4.78 is 5.92. The van der Waals surface area contributed by atoms with E-state index in [1.807, 2.05) is 42.5 Å². The number of rotatable bonds is 8. The predicted molar refractivity (Wildman–Crippen MR) is 111 cm³/mol. The van der Waals surface area contributed by atoms with Gasteiger partial charge in [0, 0.05) is 31.3 Å². The predicted octanol–water partition coefficient (Wildman–Crippen LogP) is 4.18. The molecule has 1 atom stereocenters. The maximum atomic E-state index is 11.5. The van der Waals surface area contributed by atoms with E-state index in [9.17, 15) is 9.90 Å². The van der Waals surface area contributed by atoms with Gasteiger partial charge in [-0.15, -0.1) is 0 Å². The Hall–Kier alpha value is -2.37. The molecule has 28 heavy (non-hydrogen) atoms. The Morgan fingerprint density at radius 1 is 1.14 bits per heavy atom. The summed E-state index contributed by atoms with van der Waals surface area (Å²) >= 11 is 0. The minimum Gasteiger partial charge on any atom is -0.489 e. The number of anilines is 1. The lowest BCUT2D eigenvalue weighted by molar-refractivity contribution is -0.114. The molecule has 0 aromatic heterocycles. The maximum Gasteiger partial charge on any atom is 0.221 e. The van der Waals surface area contributed by atoms with Crippen molar-refractivity contribution >= 4 is 11.6 Å². The van der Waals surface area contributed by atoms with Gasteiger partial charge in [-0.1, -0.05) is 49.6 Å². The Kier molecular flexibility index (Phi) is 7.46. The fraction of sp³-hybridized carbons (Fsp3) is 0.435. The number of ether oxygens (including phenoxy) is 1. The fourth-order valence-corrected chi connectivity index (χ4v) is 3.62. The number of hydrogen-bond acceptors (Lipinski definition) is 4. The summed E-state index contributed by atoms with van der Waals surface area (Å²) in [6, 6.07) is 15.8. The van der Waals surface area contributed by atoms with Crippen LogP contribution < -0.4 is 15.4 Å². The summed E-state index contributed by atoms with van der Waals surface area (Å²) in [7, 11) is 0. The molecule has 1 amide bonds. The van der Waals surface area contributed by atoms with Crippen LogP contribution in [0, 0.1) is 0 Å². The lowest BCUT2D eigenvalue weighted by Gasteiger charge is -2.24. The molecule has 2 aromatic carbocycles. The molecule has 0 saturated heterocycles. The normalized spacial score (nSPS) is 15.8. The van der Waals surface area contributed by atoms with Crippen molar-refractivity contribution in [3.8, 4) is 5.75 Å². The van der Waals surface area contributed by atoms with Crippen LogP contribution in [-0.2, 0) is 11.4 Å². The second kappa shape index (κ2) is 10.2. The highest BCUT2D eigenvalue weighted by Gasteiger charge is 2.16. The molecule has 0 heterocycles. The number of amides is 1. The van der Waals surface area contributed by atoms with E-state index in [4.69, 9.17) is 4.74 Å². The van der Waals surface area contributed by atoms with Gasteiger partial charge in [-0.25, -0.2) is 0 Å². The Morgan fingerprint density at radius 2 is 1.89 bits per heavy atom. The number of aliphatic hydroxyl groups excluding tert-OH is 1. The molecule has 1 unspecified atom stereocenters. The van der Waals surface area contributed by atoms with Gasteiger partial charge < -0.3 is 20.5 Å². The number of carbonyl (C=O) groups is 1. The fourth-order valence-electron chi connectivity index (χ4n) is 3.62. The summed E-state index contributed by atoms with van der Waals surface area (Å²) in [5, 5.41) is 17.0. The minimum absolute atomic E-state index is 0.152. The molecule has 150 valence electrons. The van der Waals surface area contributed by atoms with E-state index in [0.29, 0.717) is 30.6 Å². The molecule has 0 spiro atoms. The third-order valence-corrected chi connectivity index (χ3v) is 5.09. The topological polar surface area (TPSA) is 70.6 Å². The molecule has 5 nitrogen and oxygen atoms in total. The van der Waals surface area contributed by atoms with Gasteiger partial charge >= 0.3 is 0 Å². The van der Waals surface area contributed by atoms with E-state index >= 15 is 0 Å². The zero-order chi connectivity index (χ0) is 19.8. The molecular formula is C23H30N2O3. The number of nitrogens with one attached hydrogen (secondary N) is 2. The van der Waals surface area contributed by atoms with Crippen molar-refractivity contribution in [1.29, 1.82) is 0 Å². The summed E-state index contributed by atoms with van der Waals surface area (Å²) in [4.78, 5) is 11.5. The first-order chi connectivity index (χ1) is 13.6. The summed E-state index contributed by atoms with van der Waals surface area (Å²) in [5.74, 6) is 0.475. The zero-order valence-electron chi connectivity index (χ0n) is 16.5. The van der Waals surface area contributed by atoms with E-state index in [1.54, 1.807) is 6.07 Å². The largest absolute Gasteiger partial charge is 0.489 e. The summed E-state index contributed by atoms with van der Waals surface area (Å²) in [5.41, 5.74) is 2.43. The average Bonchev–Trinajstić information content (AvgIpc) is 2.71. The second-order valence-electron chi connectivity index (χ2n) is 7.51. The molecule has 0 bridgehead atoms. The van der Waals surface area contributed by atoms with Crippen LogP contribution in [0.25, 0.3) is 0 Å². The van der Waals surface area contributed by atoms with Crippen molar-refractivity contribution in [3.05, 3.63) is 59.7 Å². The molecule has 1 aliphatic carbocycles. The van der Waals surface area contributed by atoms with Crippen molar-refractivity contribution in [2.45, 2.75) is 57.8 Å². The monoisotopic (exact) mass is 382 g/mol. The number of hydrogen-bond donors (Lipinski definition) is 3. The first-order valence-electron chi connectivity index (χ1n) is 10.1. The molecule has 3 rings (SSSR count). The van der Waals surface area contributed by atoms with Crippen molar-refractivity contribution in [2.75, 3.05) is 11.9 Å². The summed E-state index contributed by atoms with van der Waals surface area (Å²) in [6.07, 6.45) is 5.50. The third kappa shape index (κ3) is 6.36. The number of carbonyl (C=O) groups excluding carboxylic acids is 1. The van der Waals surface area contributed by atoms with Gasteiger partial charge in [-0.2, -0.15) is 0 Å². The molecular weight excluding hydrogens is 352 g/mol. The van der Waals surface area contributed by atoms with Crippen LogP contribution in [0.3, 0.4) is 0 Å². The zero-order valence-corrected chi connectivity index (χ0v) is 16.5. The molecule has 5 heteroatoms. The second-order valence-corrected chi connectivity index (χ2v) is 7.51. The van der Waals surface area contributed by atoms with Crippen LogP contribution in [-0.4, -0.2) is 23.6 Å². The van der Waals surface area contributed by atoms with Gasteiger partial charge in [0.25, 0.3) is 0 Å². The molecule has 2 aromatic rings. The van der Waals surface area contributed by atoms with Gasteiger partial charge in [-0.05, 0) is 36.1 Å². The highest BCUT2D eigenvalue weighted by atomic mass is 16.5. The lowest BCUT2D eigenvalue weighted by atomic mass is 9.95. The molecule has 1 saturated carbocycles. The van der Waals surface area contributed by atoms with Crippen LogP contribution in [0.1, 0.15) is 56.3 Å². The van der Waals surface area contributed by atoms with Crippen LogP contribution in [0.4, 0.5) is 5.69 Å². The Balaban J connectivity index is 1.68. The Bertz CT molecular complexity index is 758. The first kappa shape index (κ1) is 20.4. The van der Waals surface area contributed by atoms with Crippen LogP contribution >= 0.6 is 0 Å². The van der Waals surface area contributed by atoms with E-state index in [-0.39, 0.29) is 5.91 Å². The van der Waals surface area contributed by atoms with Gasteiger partial charge in [0.15, 0.2) is 0 Å². The standard InChI is InChI=1S/C23H30N2O3/c1-17(26)25-21-12-19(23(27)15-24-20-10-6-3-7-11-20)13-22(14-21)28-16-18-8-4-2-5-9-18/h2,4-5,8-9,12-14,20,23-24,27H,3,6-7,10-11,15-16H2,1H3,(H,25,26). The Morgan fingerprint density at radius 3 is 2.61 bits per heavy atom. The van der Waals surface area contributed by atoms with E-state index < -0.39 is 6.10 Å². The maximum absolute atomic E-state index is 11.5. The van der Waals surface area contributed by atoms with Crippen LogP contribution in [0.2, 0.25) is 0 Å². The van der Waals surface area contributed by atoms with Gasteiger partial charge in [0.1, 0.15) is 12.4 Å². The first-order valence-corrected chi connectivity index (χ1v) is 10.1. The van der Waals surface area contributed by atoms with Crippen molar-refractivity contribution in [2.24, 2.45) is 0 Å². The quantitative estimate of drug-likeness (QED) is 0.641. The van der Waals surface area contributed by atoms with Crippen LogP contribution in [0.15, 0.2) is 48.5 Å². The Labute approximate surface area is 167 Å². The molecule has 1 aliphatic rings. The van der Waals surface area contributed by atoms with Crippen molar-refractivity contribution in [1.82, 2.24) is 5.32 Å². The highest BCUT2D eigenvalue weighted by Crippen LogP contribution is 2.26. The van der Waals surface area contributed by atoms with Crippen molar-refractivity contribution in [3.63, 3.8) is 0 Å². The molecule has 1 fully saturated rings. The van der Waals surface area contributed by atoms with Crippen molar-refractivity contribution < 1.29 is 14.6 Å². The summed E-state index contributed by atoms with van der Waals surface area (Å²) in [6.45, 7) is 2.39. The van der Waals surface area contributed by atoms with E-state index in [2.05, 4.69) is 10.6 Å². The van der Waals surface area contributed by atoms with Gasteiger partial charge in [0.2, 0.25) is 5.91 Å². The van der Waals surface area contributed by atoms with Gasteiger partial charge in [0.05, 0.1) is 6.10 Å². The molecule has 0 radical (unpaired) electrons. The number of aliphatic hydroxyl groups is 1.